The minimum absolute atomic E-state index is 0.441. The van der Waals surface area contributed by atoms with Crippen molar-refractivity contribution in [2.75, 3.05) is 5.32 Å². The lowest BCUT2D eigenvalue weighted by molar-refractivity contribution is 0.469. The maximum Gasteiger partial charge on any atom is 0.315 e. The normalized spacial score (nSPS) is 11.5. The van der Waals surface area contributed by atoms with Gasteiger partial charge in [-0.15, -0.1) is 5.10 Å². The Balaban J connectivity index is 1.69. The van der Waals surface area contributed by atoms with Crippen molar-refractivity contribution in [3.63, 3.8) is 0 Å². The molecule has 3 rings (SSSR count). The van der Waals surface area contributed by atoms with Crippen molar-refractivity contribution in [1.29, 1.82) is 0 Å². The average molecular weight is 314 g/mol. The summed E-state index contributed by atoms with van der Waals surface area (Å²) in [7, 11) is 0. The number of hydrogen-bond acceptors (Lipinski definition) is 6. The molecular formula is C16H22N6O. The molecular weight excluding hydrogens is 292 g/mol. The zero-order valence-electron chi connectivity index (χ0n) is 14.0. The van der Waals surface area contributed by atoms with Crippen LogP contribution in [-0.4, -0.2) is 24.6 Å². The van der Waals surface area contributed by atoms with Crippen molar-refractivity contribution < 1.29 is 4.42 Å². The minimum Gasteiger partial charge on any atom is -0.408 e. The Morgan fingerprint density at radius 2 is 2.09 bits per heavy atom. The summed E-state index contributed by atoms with van der Waals surface area (Å²) in [5.41, 5.74) is 3.07. The third-order valence-corrected chi connectivity index (χ3v) is 3.69. The van der Waals surface area contributed by atoms with Gasteiger partial charge in [-0.05, 0) is 32.3 Å². The number of rotatable bonds is 6. The quantitative estimate of drug-likeness (QED) is 0.753. The molecule has 3 heterocycles. The molecule has 0 saturated heterocycles. The van der Waals surface area contributed by atoms with Crippen molar-refractivity contribution in [3.05, 3.63) is 35.2 Å². The first-order valence-corrected chi connectivity index (χ1v) is 7.89. The summed E-state index contributed by atoms with van der Waals surface area (Å²) in [5, 5.41) is 11.3. The van der Waals surface area contributed by atoms with E-state index in [2.05, 4.69) is 39.3 Å². The second-order valence-corrected chi connectivity index (χ2v) is 6.21. The highest BCUT2D eigenvalue weighted by Gasteiger charge is 2.10. The summed E-state index contributed by atoms with van der Waals surface area (Å²) in [4.78, 5) is 8.78. The summed E-state index contributed by atoms with van der Waals surface area (Å²) in [5.74, 6) is 2.01. The fourth-order valence-corrected chi connectivity index (χ4v) is 2.53. The molecule has 0 aliphatic heterocycles. The molecule has 0 aliphatic rings. The van der Waals surface area contributed by atoms with E-state index in [1.54, 1.807) is 0 Å². The molecule has 0 amide bonds. The smallest absolute Gasteiger partial charge is 0.315 e. The van der Waals surface area contributed by atoms with Crippen molar-refractivity contribution in [3.8, 4) is 0 Å². The maximum atomic E-state index is 5.62. The zero-order chi connectivity index (χ0) is 16.4. The van der Waals surface area contributed by atoms with Gasteiger partial charge in [-0.25, -0.2) is 9.97 Å². The van der Waals surface area contributed by atoms with Gasteiger partial charge in [0.25, 0.3) is 0 Å². The molecule has 0 saturated carbocycles. The van der Waals surface area contributed by atoms with Gasteiger partial charge < -0.3 is 9.73 Å². The van der Waals surface area contributed by atoms with E-state index >= 15 is 0 Å². The summed E-state index contributed by atoms with van der Waals surface area (Å²) >= 11 is 0. The van der Waals surface area contributed by atoms with Gasteiger partial charge in [-0.3, -0.25) is 4.40 Å². The first-order chi connectivity index (χ1) is 11.0. The lowest BCUT2D eigenvalue weighted by Crippen LogP contribution is -2.05. The summed E-state index contributed by atoms with van der Waals surface area (Å²) in [6.07, 6.45) is 3.67. The average Bonchev–Trinajstić information content (AvgIpc) is 3.09. The predicted molar refractivity (Wildman–Crippen MR) is 87.2 cm³/mol. The Hall–Kier alpha value is -2.44. The molecule has 1 N–H and O–H groups in total. The van der Waals surface area contributed by atoms with Crippen LogP contribution >= 0.6 is 0 Å². The number of nitrogens with zero attached hydrogens (tertiary/aromatic N) is 5. The van der Waals surface area contributed by atoms with Crippen LogP contribution in [-0.2, 0) is 13.0 Å². The predicted octanol–water partition coefficient (Wildman–Crippen LogP) is 2.93. The Labute approximate surface area is 135 Å². The maximum absolute atomic E-state index is 5.62. The van der Waals surface area contributed by atoms with Gasteiger partial charge in [-0.2, -0.15) is 0 Å². The van der Waals surface area contributed by atoms with Crippen LogP contribution in [0.5, 0.6) is 0 Å². The summed E-state index contributed by atoms with van der Waals surface area (Å²) in [6.45, 7) is 8.93. The van der Waals surface area contributed by atoms with Crippen LogP contribution in [0.2, 0.25) is 0 Å². The molecule has 0 spiro atoms. The molecule has 0 unspecified atom stereocenters. The Morgan fingerprint density at radius 3 is 2.87 bits per heavy atom. The molecule has 3 aromatic rings. The Kier molecular flexibility index (Phi) is 4.27. The third-order valence-electron chi connectivity index (χ3n) is 3.69. The number of nitrogens with one attached hydrogen (secondary N) is 1. The van der Waals surface area contributed by atoms with Gasteiger partial charge in [0.1, 0.15) is 0 Å². The van der Waals surface area contributed by atoms with Gasteiger partial charge in [-0.1, -0.05) is 18.9 Å². The molecule has 0 atom stereocenters. The monoisotopic (exact) mass is 314 g/mol. The van der Waals surface area contributed by atoms with Crippen LogP contribution in [0.1, 0.15) is 43.2 Å². The van der Waals surface area contributed by atoms with Crippen LogP contribution in [0, 0.1) is 19.8 Å². The van der Waals surface area contributed by atoms with Crippen molar-refractivity contribution in [2.45, 2.75) is 47.1 Å². The van der Waals surface area contributed by atoms with E-state index in [9.17, 15) is 0 Å². The highest BCUT2D eigenvalue weighted by Crippen LogP contribution is 2.14. The SMILES string of the molecule is Cc1cc(C)n2c(CNc3nnc(CCC(C)C)o3)cnc2n1. The first-order valence-electron chi connectivity index (χ1n) is 7.89. The molecule has 0 aromatic carbocycles. The van der Waals surface area contributed by atoms with Crippen LogP contribution in [0.25, 0.3) is 5.78 Å². The van der Waals surface area contributed by atoms with E-state index < -0.39 is 0 Å². The number of fused-ring (bicyclic) bond motifs is 1. The minimum atomic E-state index is 0.441. The molecule has 23 heavy (non-hydrogen) atoms. The molecule has 7 heteroatoms. The van der Waals surface area contributed by atoms with Gasteiger partial charge in [0.2, 0.25) is 11.7 Å². The van der Waals surface area contributed by atoms with E-state index in [4.69, 9.17) is 4.42 Å². The Morgan fingerprint density at radius 1 is 1.26 bits per heavy atom. The number of imidazole rings is 1. The third kappa shape index (κ3) is 3.49. The molecule has 122 valence electrons. The highest BCUT2D eigenvalue weighted by molar-refractivity contribution is 5.36. The molecule has 0 fully saturated rings. The molecule has 7 nitrogen and oxygen atoms in total. The highest BCUT2D eigenvalue weighted by atomic mass is 16.4. The van der Waals surface area contributed by atoms with Gasteiger partial charge >= 0.3 is 6.01 Å². The van der Waals surface area contributed by atoms with Crippen molar-refractivity contribution >= 4 is 11.8 Å². The largest absolute Gasteiger partial charge is 0.408 e. The number of anilines is 1. The summed E-state index contributed by atoms with van der Waals surface area (Å²) < 4.78 is 7.64. The zero-order valence-corrected chi connectivity index (χ0v) is 14.0. The number of hydrogen-bond donors (Lipinski definition) is 1. The van der Waals surface area contributed by atoms with E-state index in [1.807, 2.05) is 30.5 Å². The van der Waals surface area contributed by atoms with Crippen LogP contribution in [0.15, 0.2) is 16.7 Å². The fourth-order valence-electron chi connectivity index (χ4n) is 2.53. The van der Waals surface area contributed by atoms with Gasteiger partial charge in [0, 0.05) is 17.8 Å². The number of aromatic nitrogens is 5. The second-order valence-electron chi connectivity index (χ2n) is 6.21. The van der Waals surface area contributed by atoms with Gasteiger partial charge in [0.15, 0.2) is 0 Å². The fraction of sp³-hybridized carbons (Fsp3) is 0.500. The first kappa shape index (κ1) is 15.5. The summed E-state index contributed by atoms with van der Waals surface area (Å²) in [6, 6.07) is 2.48. The molecule has 3 aromatic heterocycles. The molecule has 0 bridgehead atoms. The number of aryl methyl sites for hydroxylation is 3. The van der Waals surface area contributed by atoms with E-state index in [0.717, 1.165) is 29.9 Å². The van der Waals surface area contributed by atoms with Crippen molar-refractivity contribution in [1.82, 2.24) is 24.6 Å². The van der Waals surface area contributed by atoms with Crippen molar-refractivity contribution in [2.24, 2.45) is 5.92 Å². The van der Waals surface area contributed by atoms with Crippen LogP contribution in [0.4, 0.5) is 6.01 Å². The van der Waals surface area contributed by atoms with E-state index in [1.165, 1.54) is 0 Å². The topological polar surface area (TPSA) is 81.1 Å². The molecule has 0 radical (unpaired) electrons. The lowest BCUT2D eigenvalue weighted by atomic mass is 10.1. The Bertz CT molecular complexity index is 804. The van der Waals surface area contributed by atoms with Gasteiger partial charge in [0.05, 0.1) is 18.4 Å². The lowest BCUT2D eigenvalue weighted by Gasteiger charge is -2.06. The standard InChI is InChI=1S/C16H22N6O/c1-10(2)5-6-14-20-21-16(23-14)18-9-13-8-17-15-19-11(3)7-12(4)22(13)15/h7-8,10H,5-6,9H2,1-4H3,(H,18,21). The van der Waals surface area contributed by atoms with Crippen LogP contribution < -0.4 is 5.32 Å². The van der Waals surface area contributed by atoms with E-state index in [0.29, 0.717) is 30.1 Å². The van der Waals surface area contributed by atoms with Crippen LogP contribution in [0.3, 0.4) is 0 Å². The molecule has 0 aliphatic carbocycles. The van der Waals surface area contributed by atoms with E-state index in [-0.39, 0.29) is 0 Å². The second kappa shape index (κ2) is 6.36.